The van der Waals surface area contributed by atoms with Crippen LogP contribution in [0, 0.1) is 12.8 Å². The second kappa shape index (κ2) is 9.75. The van der Waals surface area contributed by atoms with Crippen LogP contribution in [-0.4, -0.2) is 70.4 Å². The normalized spacial score (nSPS) is 22.3. The summed E-state index contributed by atoms with van der Waals surface area (Å²) < 4.78 is 0. The summed E-state index contributed by atoms with van der Waals surface area (Å²) in [4.78, 5) is 34.7. The molecule has 2 saturated heterocycles. The lowest BCUT2D eigenvalue weighted by Gasteiger charge is -2.37. The Morgan fingerprint density at radius 2 is 1.91 bits per heavy atom. The summed E-state index contributed by atoms with van der Waals surface area (Å²) in [5.74, 6) is 2.74. The number of carbonyl (C=O) groups is 1. The zero-order valence-electron chi connectivity index (χ0n) is 20.0. The molecule has 0 radical (unpaired) electrons. The molecule has 0 N–H and O–H groups in total. The molecule has 0 bridgehead atoms. The molecule has 5 rings (SSSR count). The number of hydrogen-bond donors (Lipinski definition) is 0. The fourth-order valence-corrected chi connectivity index (χ4v) is 5.63. The van der Waals surface area contributed by atoms with Gasteiger partial charge in [-0.05, 0) is 77.7 Å². The highest BCUT2D eigenvalue weighted by Crippen LogP contribution is 2.33. The van der Waals surface area contributed by atoms with Crippen molar-refractivity contribution in [1.29, 1.82) is 0 Å². The standard InChI is InChI=1S/C26H36N6O/c1-19-23-9-6-13-31(18-22-8-3-4-12-27-22)25(23)29-24(28-19)21-7-5-14-32(17-21)26(33)20-10-15-30(2)16-11-20/h3-4,8,12,20-21H,5-7,9-11,13-18H2,1-2H3/t21-/m0/s1. The van der Waals surface area contributed by atoms with E-state index in [9.17, 15) is 4.79 Å². The van der Waals surface area contributed by atoms with Crippen molar-refractivity contribution in [3.63, 3.8) is 0 Å². The quantitative estimate of drug-likeness (QED) is 0.716. The Hall–Kier alpha value is -2.54. The van der Waals surface area contributed by atoms with Crippen LogP contribution in [0.25, 0.3) is 0 Å². The van der Waals surface area contributed by atoms with Crippen molar-refractivity contribution in [2.45, 2.75) is 57.9 Å². The number of piperidine rings is 2. The molecule has 2 aromatic heterocycles. The van der Waals surface area contributed by atoms with E-state index >= 15 is 0 Å². The Labute approximate surface area is 197 Å². The number of rotatable bonds is 4. The fraction of sp³-hybridized carbons (Fsp3) is 0.615. The van der Waals surface area contributed by atoms with E-state index in [2.05, 4.69) is 39.7 Å². The van der Waals surface area contributed by atoms with Gasteiger partial charge in [0.15, 0.2) is 0 Å². The van der Waals surface area contributed by atoms with Crippen LogP contribution in [0.4, 0.5) is 5.82 Å². The number of aryl methyl sites for hydroxylation is 1. The molecule has 1 atom stereocenters. The Morgan fingerprint density at radius 3 is 2.70 bits per heavy atom. The largest absolute Gasteiger partial charge is 0.350 e. The number of likely N-dealkylation sites (tertiary alicyclic amines) is 2. The predicted octanol–water partition coefficient (Wildman–Crippen LogP) is 3.18. The van der Waals surface area contributed by atoms with E-state index < -0.39 is 0 Å². The van der Waals surface area contributed by atoms with Gasteiger partial charge in [0.05, 0.1) is 12.2 Å². The highest BCUT2D eigenvalue weighted by molar-refractivity contribution is 5.79. The molecule has 3 aliphatic heterocycles. The second-order valence-electron chi connectivity index (χ2n) is 10.0. The zero-order valence-corrected chi connectivity index (χ0v) is 20.0. The summed E-state index contributed by atoms with van der Waals surface area (Å²) in [5, 5.41) is 0. The van der Waals surface area contributed by atoms with E-state index in [4.69, 9.17) is 9.97 Å². The molecule has 176 valence electrons. The molecular weight excluding hydrogens is 412 g/mol. The second-order valence-corrected chi connectivity index (χ2v) is 10.0. The molecule has 0 aliphatic carbocycles. The smallest absolute Gasteiger partial charge is 0.225 e. The van der Waals surface area contributed by atoms with Crippen LogP contribution in [0.5, 0.6) is 0 Å². The number of carbonyl (C=O) groups excluding carboxylic acids is 1. The van der Waals surface area contributed by atoms with Gasteiger partial charge in [-0.25, -0.2) is 9.97 Å². The first-order valence-corrected chi connectivity index (χ1v) is 12.6. The van der Waals surface area contributed by atoms with Gasteiger partial charge in [0.1, 0.15) is 11.6 Å². The average Bonchev–Trinajstić information content (AvgIpc) is 2.85. The molecule has 1 amide bonds. The molecule has 7 nitrogen and oxygen atoms in total. The van der Waals surface area contributed by atoms with Gasteiger partial charge >= 0.3 is 0 Å². The molecule has 0 aromatic carbocycles. The van der Waals surface area contributed by atoms with Crippen molar-refractivity contribution >= 4 is 11.7 Å². The van der Waals surface area contributed by atoms with Gasteiger partial charge in [0, 0.05) is 48.9 Å². The van der Waals surface area contributed by atoms with Crippen LogP contribution in [0.1, 0.15) is 60.8 Å². The molecule has 7 heteroatoms. The van der Waals surface area contributed by atoms with Gasteiger partial charge < -0.3 is 14.7 Å². The summed E-state index contributed by atoms with van der Waals surface area (Å²) in [5.41, 5.74) is 3.44. The number of aromatic nitrogens is 3. The lowest BCUT2D eigenvalue weighted by molar-refractivity contribution is -0.138. The Morgan fingerprint density at radius 1 is 1.06 bits per heavy atom. The number of pyridine rings is 1. The first kappa shape index (κ1) is 22.3. The van der Waals surface area contributed by atoms with Gasteiger partial charge in [0.25, 0.3) is 0 Å². The molecule has 5 heterocycles. The maximum Gasteiger partial charge on any atom is 0.225 e. The Kier molecular flexibility index (Phi) is 6.58. The lowest BCUT2D eigenvalue weighted by Crippen LogP contribution is -2.45. The van der Waals surface area contributed by atoms with E-state index in [1.807, 2.05) is 18.3 Å². The topological polar surface area (TPSA) is 65.5 Å². The van der Waals surface area contributed by atoms with Crippen LogP contribution in [0.2, 0.25) is 0 Å². The molecule has 0 unspecified atom stereocenters. The van der Waals surface area contributed by atoms with Crippen LogP contribution >= 0.6 is 0 Å². The third-order valence-electron chi connectivity index (χ3n) is 7.61. The molecule has 0 saturated carbocycles. The number of nitrogens with zero attached hydrogens (tertiary/aromatic N) is 6. The summed E-state index contributed by atoms with van der Waals surface area (Å²) in [6.07, 6.45) is 8.04. The molecule has 2 fully saturated rings. The number of anilines is 1. The molecular formula is C26H36N6O. The first-order chi connectivity index (χ1) is 16.1. The molecule has 0 spiro atoms. The van der Waals surface area contributed by atoms with E-state index in [-0.39, 0.29) is 11.8 Å². The predicted molar refractivity (Wildman–Crippen MR) is 129 cm³/mol. The van der Waals surface area contributed by atoms with Gasteiger partial charge in [0.2, 0.25) is 5.91 Å². The van der Waals surface area contributed by atoms with Gasteiger partial charge in [-0.2, -0.15) is 0 Å². The average molecular weight is 449 g/mol. The van der Waals surface area contributed by atoms with E-state index in [1.54, 1.807) is 0 Å². The highest BCUT2D eigenvalue weighted by Gasteiger charge is 2.33. The summed E-state index contributed by atoms with van der Waals surface area (Å²) in [7, 11) is 2.14. The van der Waals surface area contributed by atoms with E-state index in [0.29, 0.717) is 5.91 Å². The van der Waals surface area contributed by atoms with Crippen LogP contribution < -0.4 is 4.90 Å². The summed E-state index contributed by atoms with van der Waals surface area (Å²) >= 11 is 0. The lowest BCUT2D eigenvalue weighted by atomic mass is 9.92. The number of fused-ring (bicyclic) bond motifs is 1. The zero-order chi connectivity index (χ0) is 22.8. The monoisotopic (exact) mass is 448 g/mol. The summed E-state index contributed by atoms with van der Waals surface area (Å²) in [6, 6.07) is 6.08. The van der Waals surface area contributed by atoms with Crippen LogP contribution in [0.15, 0.2) is 24.4 Å². The Balaban J connectivity index is 1.34. The maximum atomic E-state index is 13.2. The SMILES string of the molecule is Cc1nc([C@H]2CCCN(C(=O)C3CCN(C)CC3)C2)nc2c1CCCN2Cc1ccccn1. The number of amides is 1. The molecule has 33 heavy (non-hydrogen) atoms. The maximum absolute atomic E-state index is 13.2. The molecule has 3 aliphatic rings. The van der Waals surface area contributed by atoms with Crippen molar-refractivity contribution in [2.75, 3.05) is 44.7 Å². The van der Waals surface area contributed by atoms with Crippen molar-refractivity contribution in [2.24, 2.45) is 5.92 Å². The van der Waals surface area contributed by atoms with Crippen molar-refractivity contribution < 1.29 is 4.79 Å². The van der Waals surface area contributed by atoms with Gasteiger partial charge in [-0.1, -0.05) is 6.07 Å². The highest BCUT2D eigenvalue weighted by atomic mass is 16.2. The summed E-state index contributed by atoms with van der Waals surface area (Å²) in [6.45, 7) is 7.55. The van der Waals surface area contributed by atoms with Crippen molar-refractivity contribution in [1.82, 2.24) is 24.8 Å². The Bertz CT molecular complexity index is 972. The van der Waals surface area contributed by atoms with Crippen molar-refractivity contribution in [3.8, 4) is 0 Å². The number of hydrogen-bond acceptors (Lipinski definition) is 6. The van der Waals surface area contributed by atoms with E-state index in [1.165, 1.54) is 5.56 Å². The first-order valence-electron chi connectivity index (χ1n) is 12.6. The molecule has 2 aromatic rings. The third-order valence-corrected chi connectivity index (χ3v) is 7.61. The van der Waals surface area contributed by atoms with Gasteiger partial charge in [-0.3, -0.25) is 9.78 Å². The van der Waals surface area contributed by atoms with Gasteiger partial charge in [-0.15, -0.1) is 0 Å². The third kappa shape index (κ3) is 4.88. The van der Waals surface area contributed by atoms with Crippen LogP contribution in [0.3, 0.4) is 0 Å². The minimum Gasteiger partial charge on any atom is -0.350 e. The fourth-order valence-electron chi connectivity index (χ4n) is 5.63. The van der Waals surface area contributed by atoms with Crippen LogP contribution in [-0.2, 0) is 17.8 Å². The van der Waals surface area contributed by atoms with E-state index in [0.717, 1.165) is 101 Å². The minimum atomic E-state index is 0.181. The van der Waals surface area contributed by atoms with Crippen molar-refractivity contribution in [3.05, 3.63) is 47.2 Å². The minimum absolute atomic E-state index is 0.181.